The molecule has 1 aliphatic rings. The second-order valence-electron chi connectivity index (χ2n) is 6.70. The molecule has 1 aromatic heterocycles. The number of aliphatic carboxylic acids is 1. The Bertz CT molecular complexity index is 1010. The van der Waals surface area contributed by atoms with Gasteiger partial charge in [-0.05, 0) is 39.6 Å². The van der Waals surface area contributed by atoms with E-state index in [1.165, 1.54) is 4.70 Å². The summed E-state index contributed by atoms with van der Waals surface area (Å²) in [4.78, 5) is 11.6. The highest BCUT2D eigenvalue weighted by Crippen LogP contribution is 2.38. The summed E-state index contributed by atoms with van der Waals surface area (Å²) in [6.07, 6.45) is 1.58. The molecule has 28 heavy (non-hydrogen) atoms. The highest BCUT2D eigenvalue weighted by atomic mass is 32.1. The van der Waals surface area contributed by atoms with Crippen LogP contribution in [0.4, 0.5) is 0 Å². The van der Waals surface area contributed by atoms with Gasteiger partial charge in [0.25, 0.3) is 0 Å². The SMILES string of the molecule is O=C(O)C1=C[C@H](c2csc3ccccc23)C[C@H](OCc2ccc(CO)cc2)O1. The number of aliphatic hydroxyl groups is 1. The Hall–Kier alpha value is -2.67. The molecule has 6 heteroatoms. The largest absolute Gasteiger partial charge is 0.475 e. The normalized spacial score (nSPS) is 19.2. The van der Waals surface area contributed by atoms with Gasteiger partial charge in [-0.1, -0.05) is 42.5 Å². The number of rotatable bonds is 6. The molecule has 3 aromatic rings. The summed E-state index contributed by atoms with van der Waals surface area (Å²) in [5.74, 6) is -1.25. The minimum absolute atomic E-state index is 0.00405. The molecule has 0 unspecified atom stereocenters. The van der Waals surface area contributed by atoms with Crippen molar-refractivity contribution in [2.45, 2.75) is 31.8 Å². The smallest absolute Gasteiger partial charge is 0.370 e. The third kappa shape index (κ3) is 3.94. The van der Waals surface area contributed by atoms with Gasteiger partial charge in [-0.3, -0.25) is 0 Å². The van der Waals surface area contributed by atoms with Crippen LogP contribution < -0.4 is 0 Å². The third-order valence-corrected chi connectivity index (χ3v) is 5.80. The number of hydrogen-bond donors (Lipinski definition) is 2. The average molecular weight is 396 g/mol. The molecule has 0 spiro atoms. The lowest BCUT2D eigenvalue weighted by atomic mass is 9.92. The number of fused-ring (bicyclic) bond motifs is 1. The van der Waals surface area contributed by atoms with Crippen LogP contribution in [0.25, 0.3) is 10.1 Å². The highest BCUT2D eigenvalue weighted by Gasteiger charge is 2.29. The molecule has 0 saturated carbocycles. The molecule has 2 atom stereocenters. The fraction of sp³-hybridized carbons (Fsp3) is 0.227. The van der Waals surface area contributed by atoms with Crippen molar-refractivity contribution in [1.82, 2.24) is 0 Å². The van der Waals surface area contributed by atoms with Gasteiger partial charge in [0.15, 0.2) is 0 Å². The van der Waals surface area contributed by atoms with E-state index in [4.69, 9.17) is 14.6 Å². The van der Waals surface area contributed by atoms with Crippen LogP contribution in [0.5, 0.6) is 0 Å². The van der Waals surface area contributed by atoms with Crippen LogP contribution in [-0.4, -0.2) is 22.5 Å². The number of aliphatic hydroxyl groups excluding tert-OH is 1. The fourth-order valence-electron chi connectivity index (χ4n) is 3.34. The number of hydrogen-bond acceptors (Lipinski definition) is 5. The van der Waals surface area contributed by atoms with Gasteiger partial charge in [0.2, 0.25) is 12.0 Å². The quantitative estimate of drug-likeness (QED) is 0.646. The van der Waals surface area contributed by atoms with Crippen LogP contribution in [0.3, 0.4) is 0 Å². The Balaban J connectivity index is 1.53. The van der Waals surface area contributed by atoms with Crippen molar-refractivity contribution in [2.75, 3.05) is 0 Å². The topological polar surface area (TPSA) is 76.0 Å². The maximum Gasteiger partial charge on any atom is 0.370 e. The monoisotopic (exact) mass is 396 g/mol. The molecule has 0 amide bonds. The minimum Gasteiger partial charge on any atom is -0.475 e. The zero-order valence-corrected chi connectivity index (χ0v) is 15.9. The van der Waals surface area contributed by atoms with Crippen LogP contribution >= 0.6 is 11.3 Å². The van der Waals surface area contributed by atoms with Crippen molar-refractivity contribution in [1.29, 1.82) is 0 Å². The molecule has 144 valence electrons. The number of allylic oxidation sites excluding steroid dienone is 1. The number of benzene rings is 2. The first-order valence-electron chi connectivity index (χ1n) is 9.02. The first-order chi connectivity index (χ1) is 13.6. The first kappa shape index (κ1) is 18.7. The molecule has 0 fully saturated rings. The molecular weight excluding hydrogens is 376 g/mol. The van der Waals surface area contributed by atoms with Crippen molar-refractivity contribution in [3.8, 4) is 0 Å². The van der Waals surface area contributed by atoms with Gasteiger partial charge >= 0.3 is 5.97 Å². The Morgan fingerprint density at radius 1 is 1.14 bits per heavy atom. The van der Waals surface area contributed by atoms with E-state index in [-0.39, 0.29) is 18.3 Å². The van der Waals surface area contributed by atoms with Crippen LogP contribution in [-0.2, 0) is 27.5 Å². The Morgan fingerprint density at radius 2 is 1.89 bits per heavy atom. The number of carboxylic acid groups (broad SMARTS) is 1. The van der Waals surface area contributed by atoms with Crippen molar-refractivity contribution in [3.63, 3.8) is 0 Å². The maximum atomic E-state index is 11.6. The summed E-state index contributed by atoms with van der Waals surface area (Å²) < 4.78 is 12.6. The van der Waals surface area contributed by atoms with Crippen LogP contribution in [0.2, 0.25) is 0 Å². The Morgan fingerprint density at radius 3 is 2.64 bits per heavy atom. The van der Waals surface area contributed by atoms with Gasteiger partial charge in [0, 0.05) is 17.0 Å². The van der Waals surface area contributed by atoms with Gasteiger partial charge in [-0.25, -0.2) is 4.79 Å². The lowest BCUT2D eigenvalue weighted by Crippen LogP contribution is -2.26. The Labute approximate surface area is 166 Å². The van der Waals surface area contributed by atoms with Crippen molar-refractivity contribution in [3.05, 3.63) is 82.4 Å². The summed E-state index contributed by atoms with van der Waals surface area (Å²) >= 11 is 1.65. The highest BCUT2D eigenvalue weighted by molar-refractivity contribution is 7.17. The fourth-order valence-corrected chi connectivity index (χ4v) is 4.37. The van der Waals surface area contributed by atoms with E-state index in [0.29, 0.717) is 13.0 Å². The molecule has 0 bridgehead atoms. The summed E-state index contributed by atoms with van der Waals surface area (Å²) in [5, 5.41) is 21.8. The predicted molar refractivity (Wildman–Crippen MR) is 107 cm³/mol. The number of carbonyl (C=O) groups is 1. The molecule has 0 radical (unpaired) electrons. The number of carboxylic acids is 1. The van der Waals surface area contributed by atoms with Crippen LogP contribution in [0.1, 0.15) is 29.0 Å². The molecule has 2 heterocycles. The molecule has 0 saturated heterocycles. The number of thiophene rings is 1. The lowest BCUT2D eigenvalue weighted by molar-refractivity contribution is -0.159. The van der Waals surface area contributed by atoms with Gasteiger partial charge in [-0.2, -0.15) is 0 Å². The summed E-state index contributed by atoms with van der Waals surface area (Å²) in [6, 6.07) is 15.5. The van der Waals surface area contributed by atoms with E-state index in [1.807, 2.05) is 36.4 Å². The van der Waals surface area contributed by atoms with Crippen molar-refractivity contribution < 1.29 is 24.5 Å². The third-order valence-electron chi connectivity index (χ3n) is 4.82. The molecule has 1 aliphatic heterocycles. The van der Waals surface area contributed by atoms with Crippen molar-refractivity contribution >= 4 is 27.4 Å². The number of ether oxygens (including phenoxy) is 2. The average Bonchev–Trinajstić information content (AvgIpc) is 3.16. The summed E-state index contributed by atoms with van der Waals surface area (Å²) in [7, 11) is 0. The minimum atomic E-state index is -1.09. The molecule has 2 N–H and O–H groups in total. The van der Waals surface area contributed by atoms with Gasteiger partial charge in [0.1, 0.15) is 0 Å². The lowest BCUT2D eigenvalue weighted by Gasteiger charge is -2.28. The predicted octanol–water partition coefficient (Wildman–Crippen LogP) is 4.41. The zero-order valence-electron chi connectivity index (χ0n) is 15.1. The van der Waals surface area contributed by atoms with Gasteiger partial charge in [0.05, 0.1) is 13.2 Å². The summed E-state index contributed by atoms with van der Waals surface area (Å²) in [6.45, 7) is 0.302. The van der Waals surface area contributed by atoms with Crippen LogP contribution in [0, 0.1) is 0 Å². The Kier molecular flexibility index (Phi) is 5.43. The molecule has 5 nitrogen and oxygen atoms in total. The van der Waals surface area contributed by atoms with E-state index in [0.717, 1.165) is 22.1 Å². The molecule has 4 rings (SSSR count). The zero-order chi connectivity index (χ0) is 19.5. The van der Waals surface area contributed by atoms with Gasteiger partial charge in [-0.15, -0.1) is 11.3 Å². The van der Waals surface area contributed by atoms with E-state index in [1.54, 1.807) is 17.4 Å². The first-order valence-corrected chi connectivity index (χ1v) is 9.90. The van der Waals surface area contributed by atoms with Crippen molar-refractivity contribution in [2.24, 2.45) is 0 Å². The standard InChI is InChI=1S/C22H20O5S/c23-11-14-5-7-15(8-6-14)12-26-21-10-16(9-19(27-21)22(24)25)18-13-28-20-4-2-1-3-17(18)20/h1-9,13,16,21,23H,10-12H2,(H,24,25)/t16-,21+/m0/s1. The van der Waals surface area contributed by atoms with E-state index in [2.05, 4.69) is 17.5 Å². The van der Waals surface area contributed by atoms with E-state index >= 15 is 0 Å². The van der Waals surface area contributed by atoms with E-state index in [9.17, 15) is 9.90 Å². The van der Waals surface area contributed by atoms with Crippen LogP contribution in [0.15, 0.2) is 65.7 Å². The second-order valence-corrected chi connectivity index (χ2v) is 7.61. The van der Waals surface area contributed by atoms with E-state index < -0.39 is 12.3 Å². The maximum absolute atomic E-state index is 11.6. The molecule has 2 aromatic carbocycles. The van der Waals surface area contributed by atoms with Gasteiger partial charge < -0.3 is 19.7 Å². The summed E-state index contributed by atoms with van der Waals surface area (Å²) in [5.41, 5.74) is 2.87. The molecular formula is C22H20O5S. The molecule has 0 aliphatic carbocycles. The second kappa shape index (κ2) is 8.14.